The molecule has 0 bridgehead atoms. The van der Waals surface area contributed by atoms with Crippen molar-refractivity contribution >= 4 is 5.69 Å². The Bertz CT molecular complexity index is 489. The molecule has 2 aromatic rings. The van der Waals surface area contributed by atoms with Gasteiger partial charge in [-0.15, -0.1) is 0 Å². The van der Waals surface area contributed by atoms with Crippen LogP contribution in [0.25, 0.3) is 0 Å². The molecule has 1 aromatic heterocycles. The first-order valence-electron chi connectivity index (χ1n) is 7.26. The fourth-order valence-electron chi connectivity index (χ4n) is 2.14. The molecule has 2 rings (SSSR count). The highest BCUT2D eigenvalue weighted by Gasteiger charge is 2.01. The van der Waals surface area contributed by atoms with Crippen molar-refractivity contribution in [3.05, 3.63) is 59.9 Å². The second kappa shape index (κ2) is 7.65. The average Bonchev–Trinajstić information content (AvgIpc) is 2.53. The fraction of sp³-hybridized carbons (Fsp3) is 0.353. The normalized spacial score (nSPS) is 10.8. The molecule has 0 aliphatic rings. The summed E-state index contributed by atoms with van der Waals surface area (Å²) in [4.78, 5) is 6.53. The van der Waals surface area contributed by atoms with Crippen LogP contribution in [0.4, 0.5) is 5.69 Å². The van der Waals surface area contributed by atoms with Crippen molar-refractivity contribution in [2.75, 3.05) is 18.4 Å². The van der Waals surface area contributed by atoms with Gasteiger partial charge in [0.2, 0.25) is 0 Å². The summed E-state index contributed by atoms with van der Waals surface area (Å²) in [5.74, 6) is 0. The maximum absolute atomic E-state index is 4.12. The van der Waals surface area contributed by atoms with Gasteiger partial charge in [-0.3, -0.25) is 9.88 Å². The summed E-state index contributed by atoms with van der Waals surface area (Å²) in [5, 5.41) is 3.42. The zero-order valence-corrected chi connectivity index (χ0v) is 12.3. The van der Waals surface area contributed by atoms with E-state index in [1.807, 2.05) is 12.3 Å². The molecule has 0 saturated heterocycles. The third-order valence-electron chi connectivity index (χ3n) is 3.47. The van der Waals surface area contributed by atoms with Gasteiger partial charge < -0.3 is 5.32 Å². The van der Waals surface area contributed by atoms with Gasteiger partial charge in [-0.1, -0.05) is 32.0 Å². The molecule has 0 amide bonds. The van der Waals surface area contributed by atoms with E-state index in [1.54, 1.807) is 6.20 Å². The second-order valence-electron chi connectivity index (χ2n) is 4.87. The Hall–Kier alpha value is -1.87. The molecule has 0 fully saturated rings. The maximum Gasteiger partial charge on any atom is 0.0416 e. The lowest BCUT2D eigenvalue weighted by molar-refractivity contribution is 0.296. The first kappa shape index (κ1) is 14.5. The molecule has 0 saturated carbocycles. The number of nitrogens with zero attached hydrogens (tertiary/aromatic N) is 2. The lowest BCUT2D eigenvalue weighted by Gasteiger charge is -2.18. The van der Waals surface area contributed by atoms with E-state index in [-0.39, 0.29) is 0 Å². The maximum atomic E-state index is 4.12. The Morgan fingerprint density at radius 3 is 2.35 bits per heavy atom. The van der Waals surface area contributed by atoms with E-state index < -0.39 is 0 Å². The summed E-state index contributed by atoms with van der Waals surface area (Å²) < 4.78 is 0. The number of hydrogen-bond donors (Lipinski definition) is 1. The van der Waals surface area contributed by atoms with Crippen LogP contribution in [-0.2, 0) is 13.1 Å². The van der Waals surface area contributed by atoms with E-state index in [9.17, 15) is 0 Å². The Kier molecular flexibility index (Phi) is 5.56. The van der Waals surface area contributed by atoms with Crippen LogP contribution in [0.5, 0.6) is 0 Å². The minimum absolute atomic E-state index is 0.809. The predicted octanol–water partition coefficient (Wildman–Crippen LogP) is 3.54. The van der Waals surface area contributed by atoms with Gasteiger partial charge in [0.05, 0.1) is 0 Å². The molecular formula is C17H23N3. The van der Waals surface area contributed by atoms with Gasteiger partial charge in [-0.2, -0.15) is 0 Å². The lowest BCUT2D eigenvalue weighted by Crippen LogP contribution is -2.21. The summed E-state index contributed by atoms with van der Waals surface area (Å²) in [5.41, 5.74) is 3.71. The monoisotopic (exact) mass is 269 g/mol. The van der Waals surface area contributed by atoms with Crippen LogP contribution in [0.15, 0.2) is 48.8 Å². The van der Waals surface area contributed by atoms with Gasteiger partial charge >= 0.3 is 0 Å². The van der Waals surface area contributed by atoms with Crippen LogP contribution in [0.2, 0.25) is 0 Å². The minimum atomic E-state index is 0.809. The van der Waals surface area contributed by atoms with Crippen molar-refractivity contribution < 1.29 is 0 Å². The van der Waals surface area contributed by atoms with Gasteiger partial charge in [-0.05, 0) is 42.4 Å². The fourth-order valence-corrected chi connectivity index (χ4v) is 2.14. The van der Waals surface area contributed by atoms with E-state index in [0.717, 1.165) is 31.9 Å². The third kappa shape index (κ3) is 4.35. The predicted molar refractivity (Wildman–Crippen MR) is 84.6 cm³/mol. The molecule has 0 radical (unpaired) electrons. The van der Waals surface area contributed by atoms with Crippen molar-refractivity contribution in [2.45, 2.75) is 26.9 Å². The minimum Gasteiger partial charge on any atom is -0.381 e. The Morgan fingerprint density at radius 1 is 1.00 bits per heavy atom. The standard InChI is InChI=1S/C17H23N3/c1-3-20(4-2)14-15-7-9-17(10-8-15)19-13-16-6-5-11-18-12-16/h5-12,19H,3-4,13-14H2,1-2H3. The number of anilines is 1. The van der Waals surface area contributed by atoms with Gasteiger partial charge in [0.1, 0.15) is 0 Å². The van der Waals surface area contributed by atoms with Crippen LogP contribution in [0, 0.1) is 0 Å². The molecule has 3 nitrogen and oxygen atoms in total. The zero-order valence-electron chi connectivity index (χ0n) is 12.3. The molecule has 0 aliphatic heterocycles. The molecule has 0 unspecified atom stereocenters. The van der Waals surface area contributed by atoms with Crippen LogP contribution in [-0.4, -0.2) is 23.0 Å². The SMILES string of the molecule is CCN(CC)Cc1ccc(NCc2cccnc2)cc1. The van der Waals surface area contributed by atoms with Crippen molar-refractivity contribution in [2.24, 2.45) is 0 Å². The topological polar surface area (TPSA) is 28.2 Å². The van der Waals surface area contributed by atoms with Crippen molar-refractivity contribution in [1.82, 2.24) is 9.88 Å². The summed E-state index contributed by atoms with van der Waals surface area (Å²) in [6.45, 7) is 8.43. The van der Waals surface area contributed by atoms with Gasteiger partial charge in [0, 0.05) is 31.2 Å². The molecule has 0 aliphatic carbocycles. The summed E-state index contributed by atoms with van der Waals surface area (Å²) in [6.07, 6.45) is 3.69. The smallest absolute Gasteiger partial charge is 0.0416 e. The highest BCUT2D eigenvalue weighted by Crippen LogP contribution is 2.12. The van der Waals surface area contributed by atoms with E-state index in [4.69, 9.17) is 0 Å². The molecule has 1 aromatic carbocycles. The quantitative estimate of drug-likeness (QED) is 0.833. The Balaban J connectivity index is 1.88. The zero-order chi connectivity index (χ0) is 14.2. The highest BCUT2D eigenvalue weighted by molar-refractivity contribution is 5.45. The van der Waals surface area contributed by atoms with Crippen LogP contribution in [0.1, 0.15) is 25.0 Å². The van der Waals surface area contributed by atoms with Gasteiger partial charge in [-0.25, -0.2) is 0 Å². The number of benzene rings is 1. The van der Waals surface area contributed by atoms with Crippen molar-refractivity contribution in [3.8, 4) is 0 Å². The molecule has 106 valence electrons. The van der Waals surface area contributed by atoms with Crippen LogP contribution < -0.4 is 5.32 Å². The highest BCUT2D eigenvalue weighted by atomic mass is 15.1. The number of rotatable bonds is 7. The van der Waals surface area contributed by atoms with Gasteiger partial charge in [0.15, 0.2) is 0 Å². The Morgan fingerprint density at radius 2 is 1.75 bits per heavy atom. The van der Waals surface area contributed by atoms with E-state index >= 15 is 0 Å². The number of aromatic nitrogens is 1. The first-order valence-corrected chi connectivity index (χ1v) is 7.26. The molecule has 1 heterocycles. The largest absolute Gasteiger partial charge is 0.381 e. The molecule has 3 heteroatoms. The van der Waals surface area contributed by atoms with Crippen LogP contribution in [0.3, 0.4) is 0 Å². The number of pyridine rings is 1. The van der Waals surface area contributed by atoms with E-state index in [0.29, 0.717) is 0 Å². The lowest BCUT2D eigenvalue weighted by atomic mass is 10.2. The average molecular weight is 269 g/mol. The number of nitrogens with one attached hydrogen (secondary N) is 1. The first-order chi connectivity index (χ1) is 9.81. The Labute approximate surface area is 121 Å². The second-order valence-corrected chi connectivity index (χ2v) is 4.87. The molecule has 0 spiro atoms. The van der Waals surface area contributed by atoms with Crippen molar-refractivity contribution in [1.29, 1.82) is 0 Å². The van der Waals surface area contributed by atoms with Crippen molar-refractivity contribution in [3.63, 3.8) is 0 Å². The molecule has 20 heavy (non-hydrogen) atoms. The number of hydrogen-bond acceptors (Lipinski definition) is 3. The van der Waals surface area contributed by atoms with E-state index in [2.05, 4.69) is 59.4 Å². The van der Waals surface area contributed by atoms with E-state index in [1.165, 1.54) is 11.1 Å². The summed E-state index contributed by atoms with van der Waals surface area (Å²) >= 11 is 0. The van der Waals surface area contributed by atoms with Gasteiger partial charge in [0.25, 0.3) is 0 Å². The molecular weight excluding hydrogens is 246 g/mol. The third-order valence-corrected chi connectivity index (χ3v) is 3.47. The van der Waals surface area contributed by atoms with Crippen LogP contribution >= 0.6 is 0 Å². The molecule has 0 atom stereocenters. The summed E-state index contributed by atoms with van der Waals surface area (Å²) in [6, 6.07) is 12.7. The summed E-state index contributed by atoms with van der Waals surface area (Å²) in [7, 11) is 0. The molecule has 1 N–H and O–H groups in total.